The van der Waals surface area contributed by atoms with Gasteiger partial charge < -0.3 is 24.8 Å². The molecule has 1 aliphatic rings. The molecule has 2 N–H and O–H groups in total. The molecule has 1 saturated heterocycles. The molecule has 3 aromatic carbocycles. The summed E-state index contributed by atoms with van der Waals surface area (Å²) in [5.74, 6) is 0.0716. The van der Waals surface area contributed by atoms with E-state index in [1.165, 1.54) is 77.0 Å². The standard InChI is InChI=1S/C43H62N2O4/c1-4-6-8-10-12-17-29-45(30-18-13-11-9-7-5-2)32-40-34(3)41(37-25-23-36(33-46)24-26-37)49-43(48-40)39-27-21-35(22-28-39)31-44-42(47)38-19-15-14-16-20-38/h14-16,19-28,34,40-41,43,46H,4-13,17-18,29-33H2,1-3H3,(H,44,47). The molecule has 1 heterocycles. The van der Waals surface area contributed by atoms with Crippen LogP contribution in [0.2, 0.25) is 0 Å². The van der Waals surface area contributed by atoms with E-state index in [1.54, 1.807) is 0 Å². The Kier molecular flexibility index (Phi) is 17.3. The van der Waals surface area contributed by atoms with E-state index in [1.807, 2.05) is 42.5 Å². The number of carbonyl (C=O) groups excluding carboxylic acids is 1. The smallest absolute Gasteiger partial charge is 0.251 e. The summed E-state index contributed by atoms with van der Waals surface area (Å²) in [6.07, 6.45) is 15.0. The predicted molar refractivity (Wildman–Crippen MR) is 200 cm³/mol. The number of amides is 1. The lowest BCUT2D eigenvalue weighted by molar-refractivity contribution is -0.276. The van der Waals surface area contributed by atoms with Gasteiger partial charge in [-0.15, -0.1) is 0 Å². The van der Waals surface area contributed by atoms with E-state index in [9.17, 15) is 9.90 Å². The Hall–Kier alpha value is -3.03. The van der Waals surface area contributed by atoms with Crippen LogP contribution in [0.1, 0.15) is 143 Å². The lowest BCUT2D eigenvalue weighted by atomic mass is 9.90. The summed E-state index contributed by atoms with van der Waals surface area (Å²) in [4.78, 5) is 15.2. The van der Waals surface area contributed by atoms with E-state index >= 15 is 0 Å². The lowest BCUT2D eigenvalue weighted by Crippen LogP contribution is -2.45. The predicted octanol–water partition coefficient (Wildman–Crippen LogP) is 9.92. The molecular formula is C43H62N2O4. The number of unbranched alkanes of at least 4 members (excludes halogenated alkanes) is 10. The van der Waals surface area contributed by atoms with Gasteiger partial charge in [-0.25, -0.2) is 0 Å². The minimum absolute atomic E-state index is 0.00582. The third-order valence-corrected chi connectivity index (χ3v) is 9.96. The van der Waals surface area contributed by atoms with Crippen LogP contribution in [-0.2, 0) is 22.6 Å². The minimum atomic E-state index is -0.499. The highest BCUT2D eigenvalue weighted by atomic mass is 16.7. The van der Waals surface area contributed by atoms with Crippen molar-refractivity contribution in [1.82, 2.24) is 10.2 Å². The quantitative estimate of drug-likeness (QED) is 0.104. The highest BCUT2D eigenvalue weighted by Crippen LogP contribution is 2.42. The average Bonchev–Trinajstić information content (AvgIpc) is 3.14. The Morgan fingerprint density at radius 3 is 1.84 bits per heavy atom. The molecule has 0 aliphatic carbocycles. The number of nitrogens with one attached hydrogen (secondary N) is 1. The topological polar surface area (TPSA) is 71.0 Å². The van der Waals surface area contributed by atoms with Gasteiger partial charge in [0.15, 0.2) is 6.29 Å². The largest absolute Gasteiger partial charge is 0.392 e. The van der Waals surface area contributed by atoms with Gasteiger partial charge in [0, 0.05) is 30.1 Å². The molecule has 0 spiro atoms. The number of ether oxygens (including phenoxy) is 2. The van der Waals surface area contributed by atoms with Crippen LogP contribution in [0.3, 0.4) is 0 Å². The Bertz CT molecular complexity index is 1300. The van der Waals surface area contributed by atoms with Gasteiger partial charge in [0.1, 0.15) is 0 Å². The van der Waals surface area contributed by atoms with Crippen LogP contribution in [0.25, 0.3) is 0 Å². The summed E-state index contributed by atoms with van der Waals surface area (Å²) in [7, 11) is 0. The molecule has 0 bridgehead atoms. The number of aliphatic hydroxyl groups excluding tert-OH is 1. The molecule has 4 atom stereocenters. The molecule has 0 aromatic heterocycles. The number of benzene rings is 3. The Labute approximate surface area is 296 Å². The van der Waals surface area contributed by atoms with Crippen molar-refractivity contribution in [3.8, 4) is 0 Å². The number of carbonyl (C=O) groups is 1. The number of rotatable bonds is 22. The summed E-state index contributed by atoms with van der Waals surface area (Å²) < 4.78 is 13.6. The van der Waals surface area contributed by atoms with Crippen molar-refractivity contribution in [2.75, 3.05) is 19.6 Å². The van der Waals surface area contributed by atoms with Gasteiger partial charge in [0.25, 0.3) is 5.91 Å². The fraction of sp³-hybridized carbons (Fsp3) is 0.558. The van der Waals surface area contributed by atoms with Crippen molar-refractivity contribution in [3.05, 3.63) is 107 Å². The van der Waals surface area contributed by atoms with Gasteiger partial charge >= 0.3 is 0 Å². The summed E-state index contributed by atoms with van der Waals surface area (Å²) in [6, 6.07) is 25.7. The summed E-state index contributed by atoms with van der Waals surface area (Å²) in [6.45, 7) is 10.4. The molecule has 1 aliphatic heterocycles. The van der Waals surface area contributed by atoms with Crippen LogP contribution < -0.4 is 5.32 Å². The molecule has 6 heteroatoms. The van der Waals surface area contributed by atoms with Crippen molar-refractivity contribution >= 4 is 5.91 Å². The molecule has 3 aromatic rings. The zero-order valence-corrected chi connectivity index (χ0v) is 30.5. The second-order valence-corrected chi connectivity index (χ2v) is 13.9. The normalized spacial score (nSPS) is 19.3. The van der Waals surface area contributed by atoms with Crippen molar-refractivity contribution < 1.29 is 19.4 Å². The lowest BCUT2D eigenvalue weighted by Gasteiger charge is -2.43. The number of aliphatic hydroxyl groups is 1. The first-order chi connectivity index (χ1) is 24.0. The van der Waals surface area contributed by atoms with E-state index in [2.05, 4.69) is 67.4 Å². The second kappa shape index (κ2) is 21.9. The van der Waals surface area contributed by atoms with E-state index in [4.69, 9.17) is 9.47 Å². The van der Waals surface area contributed by atoms with Crippen molar-refractivity contribution in [1.29, 1.82) is 0 Å². The molecule has 0 radical (unpaired) electrons. The number of hydrogen-bond acceptors (Lipinski definition) is 5. The zero-order valence-electron chi connectivity index (χ0n) is 30.5. The SMILES string of the molecule is CCCCCCCCN(CCCCCCCC)CC1OC(c2ccc(CNC(=O)c3ccccc3)cc2)OC(c2ccc(CO)cc2)C1C. The Morgan fingerprint density at radius 1 is 0.694 bits per heavy atom. The first-order valence-corrected chi connectivity index (χ1v) is 19.2. The molecule has 268 valence electrons. The van der Waals surface area contributed by atoms with Crippen molar-refractivity contribution in [3.63, 3.8) is 0 Å². The van der Waals surface area contributed by atoms with E-state index in [-0.39, 0.29) is 30.6 Å². The Balaban J connectivity index is 1.46. The first-order valence-electron chi connectivity index (χ1n) is 19.2. The maximum absolute atomic E-state index is 12.6. The minimum Gasteiger partial charge on any atom is -0.392 e. The van der Waals surface area contributed by atoms with E-state index in [0.29, 0.717) is 12.1 Å². The van der Waals surface area contributed by atoms with Crippen LogP contribution in [0, 0.1) is 5.92 Å². The van der Waals surface area contributed by atoms with Crippen molar-refractivity contribution in [2.45, 2.75) is 129 Å². The fourth-order valence-electron chi connectivity index (χ4n) is 6.77. The fourth-order valence-corrected chi connectivity index (χ4v) is 6.77. The van der Waals surface area contributed by atoms with Gasteiger partial charge in [-0.1, -0.05) is 152 Å². The summed E-state index contributed by atoms with van der Waals surface area (Å²) in [5, 5.41) is 12.7. The van der Waals surface area contributed by atoms with Crippen LogP contribution in [-0.4, -0.2) is 41.7 Å². The van der Waals surface area contributed by atoms with Crippen LogP contribution >= 0.6 is 0 Å². The van der Waals surface area contributed by atoms with E-state index in [0.717, 1.165) is 41.9 Å². The third-order valence-electron chi connectivity index (χ3n) is 9.96. The van der Waals surface area contributed by atoms with Crippen LogP contribution in [0.15, 0.2) is 78.9 Å². The highest BCUT2D eigenvalue weighted by Gasteiger charge is 2.39. The molecule has 4 unspecified atom stereocenters. The maximum Gasteiger partial charge on any atom is 0.251 e. The van der Waals surface area contributed by atoms with Crippen molar-refractivity contribution in [2.24, 2.45) is 5.92 Å². The van der Waals surface area contributed by atoms with Gasteiger partial charge in [-0.3, -0.25) is 4.79 Å². The van der Waals surface area contributed by atoms with Gasteiger partial charge in [-0.05, 0) is 54.8 Å². The van der Waals surface area contributed by atoms with Crippen LogP contribution in [0.4, 0.5) is 0 Å². The monoisotopic (exact) mass is 670 g/mol. The average molecular weight is 671 g/mol. The molecule has 0 saturated carbocycles. The maximum atomic E-state index is 12.6. The summed E-state index contributed by atoms with van der Waals surface area (Å²) in [5.41, 5.74) is 4.67. The zero-order chi connectivity index (χ0) is 34.7. The molecule has 49 heavy (non-hydrogen) atoms. The third kappa shape index (κ3) is 13.0. The second-order valence-electron chi connectivity index (χ2n) is 13.9. The summed E-state index contributed by atoms with van der Waals surface area (Å²) >= 11 is 0. The molecule has 6 nitrogen and oxygen atoms in total. The Morgan fingerprint density at radius 2 is 1.24 bits per heavy atom. The molecule has 1 fully saturated rings. The molecule has 1 amide bonds. The van der Waals surface area contributed by atoms with Gasteiger partial charge in [-0.2, -0.15) is 0 Å². The van der Waals surface area contributed by atoms with Gasteiger partial charge in [0.2, 0.25) is 0 Å². The van der Waals surface area contributed by atoms with Gasteiger partial charge in [0.05, 0.1) is 18.8 Å². The van der Waals surface area contributed by atoms with E-state index < -0.39 is 6.29 Å². The number of hydrogen-bond donors (Lipinski definition) is 2. The highest BCUT2D eigenvalue weighted by molar-refractivity contribution is 5.94. The molecule has 4 rings (SSSR count). The number of nitrogens with zero attached hydrogens (tertiary/aromatic N) is 1. The van der Waals surface area contributed by atoms with Crippen LogP contribution in [0.5, 0.6) is 0 Å². The first kappa shape index (κ1) is 38.8. The molecular weight excluding hydrogens is 608 g/mol.